The number of thiocarbonyl (C=S) groups is 1. The molecule has 0 unspecified atom stereocenters. The number of rotatable bonds is 5. The standard InChI is InChI=1S/C12H9NO2S2/c13-8-10(16)7-9-1-3-11(4-2-9)17-6-5-12(14)15/h1-6H,7H2,(H,14,15). The molecule has 1 rings (SSSR count). The topological polar surface area (TPSA) is 61.1 Å². The number of nitrogens with zero attached hydrogens (tertiary/aromatic N) is 1. The Morgan fingerprint density at radius 2 is 2.12 bits per heavy atom. The Bertz CT molecular complexity index is 486. The summed E-state index contributed by atoms with van der Waals surface area (Å²) in [6.07, 6.45) is 1.56. The van der Waals surface area contributed by atoms with E-state index < -0.39 is 5.97 Å². The fraction of sp³-hybridized carbons (Fsp3) is 0.0833. The predicted octanol–water partition coefficient (Wildman–Crippen LogP) is 2.81. The largest absolute Gasteiger partial charge is 0.478 e. The van der Waals surface area contributed by atoms with Crippen molar-refractivity contribution in [1.29, 1.82) is 5.26 Å². The van der Waals surface area contributed by atoms with Crippen LogP contribution in [0.4, 0.5) is 0 Å². The summed E-state index contributed by atoms with van der Waals surface area (Å²) in [4.78, 5) is 11.5. The van der Waals surface area contributed by atoms with Crippen LogP contribution in [0.3, 0.4) is 0 Å². The zero-order valence-corrected chi connectivity index (χ0v) is 10.4. The van der Waals surface area contributed by atoms with Crippen LogP contribution in [0.25, 0.3) is 0 Å². The third-order valence-corrected chi connectivity index (χ3v) is 2.88. The molecule has 5 heteroatoms. The predicted molar refractivity (Wildman–Crippen MR) is 71.0 cm³/mol. The Hall–Kier alpha value is -1.64. The highest BCUT2D eigenvalue weighted by atomic mass is 32.2. The molecule has 0 spiro atoms. The number of thioether (sulfide) groups is 1. The molecule has 0 aromatic heterocycles. The molecular weight excluding hydrogens is 254 g/mol. The van der Waals surface area contributed by atoms with Crippen LogP contribution in [-0.2, 0) is 11.2 Å². The van der Waals surface area contributed by atoms with E-state index in [-0.39, 0.29) is 0 Å². The Balaban J connectivity index is 2.59. The van der Waals surface area contributed by atoms with Gasteiger partial charge in [-0.05, 0) is 23.1 Å². The molecule has 3 nitrogen and oxygen atoms in total. The van der Waals surface area contributed by atoms with Gasteiger partial charge < -0.3 is 5.11 Å². The molecule has 1 N–H and O–H groups in total. The molecule has 1 aromatic rings. The number of aliphatic carboxylic acids is 1. The average molecular weight is 263 g/mol. The van der Waals surface area contributed by atoms with E-state index in [0.717, 1.165) is 16.5 Å². The minimum absolute atomic E-state index is 0.358. The molecule has 0 bridgehead atoms. The summed E-state index contributed by atoms with van der Waals surface area (Å²) < 4.78 is 0. The van der Waals surface area contributed by atoms with Gasteiger partial charge >= 0.3 is 5.97 Å². The second kappa shape index (κ2) is 6.84. The third kappa shape index (κ3) is 5.29. The lowest BCUT2D eigenvalue weighted by Gasteiger charge is -1.99. The summed E-state index contributed by atoms with van der Waals surface area (Å²) in [5.74, 6) is -0.964. The van der Waals surface area contributed by atoms with Crippen LogP contribution < -0.4 is 0 Å². The quantitative estimate of drug-likeness (QED) is 0.503. The maximum Gasteiger partial charge on any atom is 0.328 e. The van der Waals surface area contributed by atoms with Gasteiger partial charge in [-0.25, -0.2) is 4.79 Å². The zero-order valence-electron chi connectivity index (χ0n) is 8.79. The first-order valence-electron chi connectivity index (χ1n) is 4.70. The maximum absolute atomic E-state index is 10.3. The molecular formula is C12H9NO2S2. The Kier molecular flexibility index (Phi) is 5.40. The molecule has 0 saturated heterocycles. The number of hydrogen-bond acceptors (Lipinski definition) is 4. The molecule has 0 aliphatic carbocycles. The summed E-state index contributed by atoms with van der Waals surface area (Å²) in [6.45, 7) is 0. The first-order chi connectivity index (χ1) is 8.11. The van der Waals surface area contributed by atoms with Gasteiger partial charge in [-0.3, -0.25) is 0 Å². The first kappa shape index (κ1) is 13.4. The van der Waals surface area contributed by atoms with Crippen molar-refractivity contribution in [3.05, 3.63) is 41.3 Å². The number of benzene rings is 1. The Labute approximate surface area is 109 Å². The smallest absolute Gasteiger partial charge is 0.328 e. The van der Waals surface area contributed by atoms with Gasteiger partial charge in [-0.2, -0.15) is 5.26 Å². The molecule has 0 aliphatic rings. The highest BCUT2D eigenvalue weighted by Crippen LogP contribution is 2.19. The number of hydrogen-bond donors (Lipinski definition) is 1. The molecule has 0 fully saturated rings. The first-order valence-corrected chi connectivity index (χ1v) is 5.98. The summed E-state index contributed by atoms with van der Waals surface area (Å²) in [5.41, 5.74) is 0.975. The van der Waals surface area contributed by atoms with E-state index in [4.69, 9.17) is 22.6 Å². The molecule has 0 atom stereocenters. The van der Waals surface area contributed by atoms with Gasteiger partial charge in [0, 0.05) is 17.4 Å². The average Bonchev–Trinajstić information content (AvgIpc) is 2.31. The van der Waals surface area contributed by atoms with Crippen molar-refractivity contribution in [3.63, 3.8) is 0 Å². The van der Waals surface area contributed by atoms with E-state index in [1.165, 1.54) is 17.2 Å². The summed E-state index contributed by atoms with van der Waals surface area (Å²) in [6, 6.07) is 9.41. The van der Waals surface area contributed by atoms with Crippen molar-refractivity contribution in [2.24, 2.45) is 0 Å². The van der Waals surface area contributed by atoms with Crippen LogP contribution in [0.1, 0.15) is 5.56 Å². The molecule has 0 saturated carbocycles. The lowest BCUT2D eigenvalue weighted by Crippen LogP contribution is -1.95. The van der Waals surface area contributed by atoms with Crippen LogP contribution in [0.5, 0.6) is 0 Å². The van der Waals surface area contributed by atoms with E-state index in [0.29, 0.717) is 11.3 Å². The lowest BCUT2D eigenvalue weighted by molar-refractivity contribution is -0.131. The molecule has 0 radical (unpaired) electrons. The van der Waals surface area contributed by atoms with Gasteiger partial charge in [-0.1, -0.05) is 36.1 Å². The number of carboxylic acids is 1. The monoisotopic (exact) mass is 263 g/mol. The lowest BCUT2D eigenvalue weighted by atomic mass is 10.1. The van der Waals surface area contributed by atoms with Crippen molar-refractivity contribution >= 4 is 34.8 Å². The highest BCUT2D eigenvalue weighted by molar-refractivity contribution is 8.02. The third-order valence-electron chi connectivity index (χ3n) is 1.83. The van der Waals surface area contributed by atoms with Crippen LogP contribution in [0.15, 0.2) is 40.6 Å². The normalized spacial score (nSPS) is 10.1. The molecule has 17 heavy (non-hydrogen) atoms. The molecule has 1 aromatic carbocycles. The van der Waals surface area contributed by atoms with Crippen molar-refractivity contribution in [3.8, 4) is 6.07 Å². The zero-order chi connectivity index (χ0) is 12.7. The maximum atomic E-state index is 10.3. The van der Waals surface area contributed by atoms with Crippen molar-refractivity contribution in [2.75, 3.05) is 0 Å². The molecule has 0 amide bonds. The SMILES string of the molecule is N#CC(=S)Cc1ccc(SC=CC(=O)O)cc1. The van der Waals surface area contributed by atoms with Gasteiger partial charge in [0.05, 0.1) is 4.86 Å². The molecule has 0 heterocycles. The minimum Gasteiger partial charge on any atom is -0.478 e. The van der Waals surface area contributed by atoms with Gasteiger partial charge in [0.15, 0.2) is 0 Å². The van der Waals surface area contributed by atoms with Crippen molar-refractivity contribution < 1.29 is 9.90 Å². The van der Waals surface area contributed by atoms with E-state index in [2.05, 4.69) is 0 Å². The Morgan fingerprint density at radius 1 is 1.47 bits per heavy atom. The number of nitriles is 1. The van der Waals surface area contributed by atoms with E-state index >= 15 is 0 Å². The highest BCUT2D eigenvalue weighted by Gasteiger charge is 1.98. The Morgan fingerprint density at radius 3 is 2.65 bits per heavy atom. The van der Waals surface area contributed by atoms with Crippen molar-refractivity contribution in [2.45, 2.75) is 11.3 Å². The molecule has 0 aliphatic heterocycles. The van der Waals surface area contributed by atoms with Crippen LogP contribution in [-0.4, -0.2) is 15.9 Å². The van der Waals surface area contributed by atoms with Crippen LogP contribution >= 0.6 is 24.0 Å². The fourth-order valence-corrected chi connectivity index (χ4v) is 1.88. The second-order valence-electron chi connectivity index (χ2n) is 3.11. The summed E-state index contributed by atoms with van der Waals surface area (Å²) in [7, 11) is 0. The summed E-state index contributed by atoms with van der Waals surface area (Å²) in [5, 5.41) is 18.5. The van der Waals surface area contributed by atoms with Crippen LogP contribution in [0.2, 0.25) is 0 Å². The van der Waals surface area contributed by atoms with Crippen molar-refractivity contribution in [1.82, 2.24) is 0 Å². The number of carboxylic acid groups (broad SMARTS) is 1. The number of carbonyl (C=O) groups is 1. The van der Waals surface area contributed by atoms with Gasteiger partial charge in [0.25, 0.3) is 0 Å². The van der Waals surface area contributed by atoms with Gasteiger partial charge in [0.1, 0.15) is 6.07 Å². The van der Waals surface area contributed by atoms with Gasteiger partial charge in [0.2, 0.25) is 0 Å². The minimum atomic E-state index is -0.964. The summed E-state index contributed by atoms with van der Waals surface area (Å²) >= 11 is 6.15. The fourth-order valence-electron chi connectivity index (χ4n) is 1.08. The second-order valence-corrected chi connectivity index (χ2v) is 4.59. The van der Waals surface area contributed by atoms with E-state index in [9.17, 15) is 4.79 Å². The van der Waals surface area contributed by atoms with E-state index in [1.54, 1.807) is 0 Å². The molecule has 86 valence electrons. The van der Waals surface area contributed by atoms with Gasteiger partial charge in [-0.15, -0.1) is 0 Å². The van der Waals surface area contributed by atoms with E-state index in [1.807, 2.05) is 30.3 Å². The van der Waals surface area contributed by atoms with Crippen LogP contribution in [0, 0.1) is 11.3 Å².